The van der Waals surface area contributed by atoms with E-state index in [2.05, 4.69) is 19.2 Å². The van der Waals surface area contributed by atoms with Gasteiger partial charge in [-0.05, 0) is 44.2 Å². The number of rotatable bonds is 6. The van der Waals surface area contributed by atoms with Crippen LogP contribution in [0.4, 0.5) is 0 Å². The third-order valence-corrected chi connectivity index (χ3v) is 3.30. The Hall–Kier alpha value is -0.800. The molecule has 90 valence electrons. The van der Waals surface area contributed by atoms with E-state index in [4.69, 9.17) is 9.15 Å². The highest BCUT2D eigenvalue weighted by molar-refractivity contribution is 5.17. The van der Waals surface area contributed by atoms with Gasteiger partial charge >= 0.3 is 0 Å². The topological polar surface area (TPSA) is 34.4 Å². The van der Waals surface area contributed by atoms with Gasteiger partial charge in [-0.3, -0.25) is 0 Å². The zero-order chi connectivity index (χ0) is 11.5. The van der Waals surface area contributed by atoms with Crippen molar-refractivity contribution >= 4 is 0 Å². The predicted molar refractivity (Wildman–Crippen MR) is 63.4 cm³/mol. The van der Waals surface area contributed by atoms with Crippen molar-refractivity contribution in [3.63, 3.8) is 0 Å². The molecule has 0 aliphatic heterocycles. The average Bonchev–Trinajstić information content (AvgIpc) is 3.00. The smallest absolute Gasteiger partial charge is 0.123 e. The van der Waals surface area contributed by atoms with Gasteiger partial charge in [0, 0.05) is 13.2 Å². The van der Waals surface area contributed by atoms with Crippen LogP contribution < -0.4 is 5.32 Å². The van der Waals surface area contributed by atoms with Crippen molar-refractivity contribution in [2.75, 3.05) is 13.7 Å². The molecule has 1 heterocycles. The van der Waals surface area contributed by atoms with Crippen LogP contribution in [0.25, 0.3) is 0 Å². The van der Waals surface area contributed by atoms with Crippen molar-refractivity contribution in [3.05, 3.63) is 23.7 Å². The van der Waals surface area contributed by atoms with E-state index in [1.807, 2.05) is 6.07 Å². The molecule has 1 aromatic rings. The maximum absolute atomic E-state index is 5.50. The van der Waals surface area contributed by atoms with Crippen molar-refractivity contribution < 1.29 is 9.15 Å². The Balaban J connectivity index is 1.94. The van der Waals surface area contributed by atoms with Gasteiger partial charge in [0.25, 0.3) is 0 Å². The van der Waals surface area contributed by atoms with E-state index in [1.165, 1.54) is 18.4 Å². The third kappa shape index (κ3) is 2.66. The molecule has 0 aromatic carbocycles. The van der Waals surface area contributed by atoms with Crippen LogP contribution >= 0.6 is 0 Å². The lowest BCUT2D eigenvalue weighted by molar-refractivity contribution is 0.150. The highest BCUT2D eigenvalue weighted by Gasteiger charge is 2.32. The number of nitrogens with one attached hydrogen (secondary N) is 1. The second kappa shape index (κ2) is 5.02. The van der Waals surface area contributed by atoms with E-state index in [1.54, 1.807) is 13.4 Å². The minimum atomic E-state index is 0.260. The van der Waals surface area contributed by atoms with E-state index < -0.39 is 0 Å². The number of aryl methyl sites for hydroxylation is 1. The molecule has 1 aromatic heterocycles. The Labute approximate surface area is 97.2 Å². The summed E-state index contributed by atoms with van der Waals surface area (Å²) >= 11 is 0. The zero-order valence-electron chi connectivity index (χ0n) is 10.3. The average molecular weight is 223 g/mol. The molecule has 3 nitrogen and oxygen atoms in total. The molecule has 16 heavy (non-hydrogen) atoms. The number of furan rings is 1. The van der Waals surface area contributed by atoms with Crippen molar-refractivity contribution in [2.24, 2.45) is 5.92 Å². The van der Waals surface area contributed by atoms with Gasteiger partial charge in [-0.2, -0.15) is 0 Å². The quantitative estimate of drug-likeness (QED) is 0.805. The Kier molecular flexibility index (Phi) is 3.66. The van der Waals surface area contributed by atoms with Gasteiger partial charge in [0.1, 0.15) is 5.76 Å². The Bertz CT molecular complexity index is 330. The summed E-state index contributed by atoms with van der Waals surface area (Å²) in [5, 5.41) is 3.60. The van der Waals surface area contributed by atoms with Gasteiger partial charge in [-0.25, -0.2) is 0 Å². The molecule has 2 unspecified atom stereocenters. The van der Waals surface area contributed by atoms with Crippen LogP contribution in [-0.2, 0) is 4.74 Å². The SMILES string of the molecule is COCC(NC(C)c1occc1C)C1CC1. The fraction of sp³-hybridized carbons (Fsp3) is 0.692. The van der Waals surface area contributed by atoms with Crippen molar-refractivity contribution in [3.8, 4) is 0 Å². The second-order valence-corrected chi connectivity index (χ2v) is 4.76. The van der Waals surface area contributed by atoms with Crippen LogP contribution in [0.5, 0.6) is 0 Å². The monoisotopic (exact) mass is 223 g/mol. The number of hydrogen-bond acceptors (Lipinski definition) is 3. The molecule has 2 atom stereocenters. The third-order valence-electron chi connectivity index (χ3n) is 3.30. The van der Waals surface area contributed by atoms with Gasteiger partial charge < -0.3 is 14.5 Å². The van der Waals surface area contributed by atoms with Gasteiger partial charge in [-0.15, -0.1) is 0 Å². The first-order valence-corrected chi connectivity index (χ1v) is 6.01. The first-order valence-electron chi connectivity index (χ1n) is 6.01. The summed E-state index contributed by atoms with van der Waals surface area (Å²) in [5.41, 5.74) is 1.21. The van der Waals surface area contributed by atoms with Gasteiger partial charge in [0.2, 0.25) is 0 Å². The molecule has 3 heteroatoms. The van der Waals surface area contributed by atoms with E-state index in [0.29, 0.717) is 6.04 Å². The van der Waals surface area contributed by atoms with Crippen molar-refractivity contribution in [1.82, 2.24) is 5.32 Å². The highest BCUT2D eigenvalue weighted by Crippen LogP contribution is 2.34. The van der Waals surface area contributed by atoms with Gasteiger partial charge in [0.15, 0.2) is 0 Å². The summed E-state index contributed by atoms with van der Waals surface area (Å²) in [4.78, 5) is 0. The summed E-state index contributed by atoms with van der Waals surface area (Å²) in [7, 11) is 1.76. The van der Waals surface area contributed by atoms with E-state index in [9.17, 15) is 0 Å². The largest absolute Gasteiger partial charge is 0.467 e. The molecule has 2 rings (SSSR count). The lowest BCUT2D eigenvalue weighted by Crippen LogP contribution is -2.37. The molecule has 1 fully saturated rings. The fourth-order valence-electron chi connectivity index (χ4n) is 2.22. The molecular weight excluding hydrogens is 202 g/mol. The first kappa shape index (κ1) is 11.7. The first-order chi connectivity index (χ1) is 7.72. The molecule has 0 spiro atoms. The molecule has 0 bridgehead atoms. The minimum Gasteiger partial charge on any atom is -0.467 e. The number of hydrogen-bond donors (Lipinski definition) is 1. The van der Waals surface area contributed by atoms with Crippen LogP contribution in [0.3, 0.4) is 0 Å². The normalized spacial score (nSPS) is 19.7. The van der Waals surface area contributed by atoms with Crippen molar-refractivity contribution in [2.45, 2.75) is 38.8 Å². The van der Waals surface area contributed by atoms with E-state index in [-0.39, 0.29) is 6.04 Å². The van der Waals surface area contributed by atoms with Gasteiger partial charge in [-0.1, -0.05) is 0 Å². The Morgan fingerprint density at radius 1 is 1.56 bits per heavy atom. The number of ether oxygens (including phenoxy) is 1. The molecule has 1 saturated carbocycles. The number of methoxy groups -OCH3 is 1. The Morgan fingerprint density at radius 2 is 2.31 bits per heavy atom. The van der Waals surface area contributed by atoms with Gasteiger partial charge in [0.05, 0.1) is 18.9 Å². The summed E-state index contributed by atoms with van der Waals surface area (Å²) in [6, 6.07) is 2.73. The van der Waals surface area contributed by atoms with Crippen LogP contribution in [0, 0.1) is 12.8 Å². The molecule has 0 amide bonds. The summed E-state index contributed by atoms with van der Waals surface area (Å²) in [6.07, 6.45) is 4.40. The molecule has 1 N–H and O–H groups in total. The van der Waals surface area contributed by atoms with Crippen LogP contribution in [-0.4, -0.2) is 19.8 Å². The van der Waals surface area contributed by atoms with E-state index >= 15 is 0 Å². The maximum Gasteiger partial charge on any atom is 0.123 e. The van der Waals surface area contributed by atoms with E-state index in [0.717, 1.165) is 18.3 Å². The molecular formula is C13H21NO2. The summed E-state index contributed by atoms with van der Waals surface area (Å²) in [6.45, 7) is 5.02. The Morgan fingerprint density at radius 3 is 2.81 bits per heavy atom. The van der Waals surface area contributed by atoms with Crippen LogP contribution in [0.2, 0.25) is 0 Å². The molecule has 1 aliphatic rings. The van der Waals surface area contributed by atoms with Crippen LogP contribution in [0.1, 0.15) is 37.1 Å². The molecule has 0 saturated heterocycles. The zero-order valence-corrected chi connectivity index (χ0v) is 10.3. The molecule has 1 aliphatic carbocycles. The lowest BCUT2D eigenvalue weighted by atomic mass is 10.1. The summed E-state index contributed by atoms with van der Waals surface area (Å²) < 4.78 is 10.8. The van der Waals surface area contributed by atoms with Crippen LogP contribution in [0.15, 0.2) is 16.7 Å². The lowest BCUT2D eigenvalue weighted by Gasteiger charge is -2.21. The van der Waals surface area contributed by atoms with Crippen molar-refractivity contribution in [1.29, 1.82) is 0 Å². The second-order valence-electron chi connectivity index (χ2n) is 4.76. The fourth-order valence-corrected chi connectivity index (χ4v) is 2.22. The summed E-state index contributed by atoms with van der Waals surface area (Å²) in [5.74, 6) is 1.83. The predicted octanol–water partition coefficient (Wildman–Crippen LogP) is 2.66. The highest BCUT2D eigenvalue weighted by atomic mass is 16.5. The molecule has 0 radical (unpaired) electrons. The maximum atomic E-state index is 5.50. The standard InChI is InChI=1S/C13H21NO2/c1-9-6-7-16-13(9)10(2)14-12(8-15-3)11-4-5-11/h6-7,10-12,14H,4-5,8H2,1-3H3. The minimum absolute atomic E-state index is 0.260.